The average molecular weight is 329 g/mol. The minimum absolute atomic E-state index is 0.191. The number of carbonyl (C=O) groups is 1. The third kappa shape index (κ3) is 3.08. The third-order valence-corrected chi connectivity index (χ3v) is 5.94. The smallest absolute Gasteiger partial charge is 0.270 e. The Bertz CT molecular complexity index is 664. The lowest BCUT2D eigenvalue weighted by atomic mass is 9.99. The first-order valence-corrected chi connectivity index (χ1v) is 9.40. The number of hydrogen-bond donors (Lipinski definition) is 0. The lowest BCUT2D eigenvalue weighted by molar-refractivity contribution is 0.0365. The molecule has 0 radical (unpaired) electrons. The van der Waals surface area contributed by atoms with Crippen LogP contribution in [0.1, 0.15) is 34.6 Å². The molecule has 5 heteroatoms. The maximum atomic E-state index is 13.0. The predicted molar refractivity (Wildman–Crippen MR) is 93.0 cm³/mol. The molecule has 122 valence electrons. The van der Waals surface area contributed by atoms with Crippen LogP contribution < -0.4 is 0 Å². The van der Waals surface area contributed by atoms with Crippen LogP contribution in [0.15, 0.2) is 35.8 Å². The van der Waals surface area contributed by atoms with Crippen molar-refractivity contribution in [3.63, 3.8) is 0 Å². The van der Waals surface area contributed by atoms with Gasteiger partial charge in [0.1, 0.15) is 5.69 Å². The number of rotatable bonds is 3. The van der Waals surface area contributed by atoms with Crippen molar-refractivity contribution in [2.45, 2.75) is 31.8 Å². The van der Waals surface area contributed by atoms with Gasteiger partial charge in [-0.05, 0) is 43.0 Å². The van der Waals surface area contributed by atoms with E-state index < -0.39 is 0 Å². The molecule has 1 unspecified atom stereocenters. The molecule has 2 aromatic rings. The van der Waals surface area contributed by atoms with Gasteiger partial charge in [0.2, 0.25) is 0 Å². The molecule has 2 aliphatic heterocycles. The van der Waals surface area contributed by atoms with E-state index in [1.54, 1.807) is 11.3 Å². The molecular formula is C18H23N3OS. The van der Waals surface area contributed by atoms with Gasteiger partial charge in [0.15, 0.2) is 0 Å². The van der Waals surface area contributed by atoms with Gasteiger partial charge in [0, 0.05) is 36.8 Å². The third-order valence-electron chi connectivity index (χ3n) is 5.08. The number of fused-ring (bicyclic) bond motifs is 1. The molecule has 0 saturated carbocycles. The largest absolute Gasteiger partial charge is 0.338 e. The molecule has 2 saturated heterocycles. The van der Waals surface area contributed by atoms with E-state index in [9.17, 15) is 4.79 Å². The standard InChI is InChI=1S/C18H23N3OS/c22-18(21-11-10-19-8-2-1-5-15(19)13-21)17-7-3-9-20(17)14-16-6-4-12-23-16/h3-4,6-7,9,12,15H,1-2,5,8,10-11,13-14H2. The maximum absolute atomic E-state index is 13.0. The van der Waals surface area contributed by atoms with Crippen LogP contribution in [-0.4, -0.2) is 52.5 Å². The Labute approximate surface area is 141 Å². The number of piperidine rings is 1. The molecule has 0 aliphatic carbocycles. The zero-order chi connectivity index (χ0) is 15.6. The first-order chi connectivity index (χ1) is 11.3. The molecule has 2 aromatic heterocycles. The van der Waals surface area contributed by atoms with E-state index in [4.69, 9.17) is 0 Å². The summed E-state index contributed by atoms with van der Waals surface area (Å²) in [4.78, 5) is 18.9. The van der Waals surface area contributed by atoms with E-state index in [0.717, 1.165) is 31.9 Å². The van der Waals surface area contributed by atoms with Gasteiger partial charge < -0.3 is 9.47 Å². The first kappa shape index (κ1) is 15.0. The van der Waals surface area contributed by atoms with Gasteiger partial charge in [-0.25, -0.2) is 0 Å². The molecule has 2 fully saturated rings. The summed E-state index contributed by atoms with van der Waals surface area (Å²) < 4.78 is 2.08. The molecule has 0 aromatic carbocycles. The van der Waals surface area contributed by atoms with Gasteiger partial charge in [-0.3, -0.25) is 9.69 Å². The van der Waals surface area contributed by atoms with Crippen LogP contribution in [0.25, 0.3) is 0 Å². The number of nitrogens with zero attached hydrogens (tertiary/aromatic N) is 3. The van der Waals surface area contributed by atoms with Gasteiger partial charge in [-0.1, -0.05) is 12.5 Å². The summed E-state index contributed by atoms with van der Waals surface area (Å²) in [5.41, 5.74) is 0.822. The topological polar surface area (TPSA) is 28.5 Å². The second kappa shape index (κ2) is 6.49. The summed E-state index contributed by atoms with van der Waals surface area (Å²) in [6.07, 6.45) is 5.87. The van der Waals surface area contributed by atoms with E-state index in [1.807, 2.05) is 18.3 Å². The number of thiophene rings is 1. The summed E-state index contributed by atoms with van der Waals surface area (Å²) in [6.45, 7) is 4.78. The second-order valence-electron chi connectivity index (χ2n) is 6.54. The van der Waals surface area contributed by atoms with E-state index in [1.165, 1.54) is 30.7 Å². The summed E-state index contributed by atoms with van der Waals surface area (Å²) >= 11 is 1.74. The van der Waals surface area contributed by atoms with Crippen molar-refractivity contribution in [1.29, 1.82) is 0 Å². The number of aromatic nitrogens is 1. The number of hydrogen-bond acceptors (Lipinski definition) is 3. The zero-order valence-electron chi connectivity index (χ0n) is 13.4. The van der Waals surface area contributed by atoms with Gasteiger partial charge in [-0.2, -0.15) is 0 Å². The highest BCUT2D eigenvalue weighted by molar-refractivity contribution is 7.09. The second-order valence-corrected chi connectivity index (χ2v) is 7.57. The van der Waals surface area contributed by atoms with Crippen LogP contribution in [-0.2, 0) is 6.54 Å². The van der Waals surface area contributed by atoms with E-state index in [-0.39, 0.29) is 5.91 Å². The average Bonchev–Trinajstić information content (AvgIpc) is 3.26. The van der Waals surface area contributed by atoms with Gasteiger partial charge >= 0.3 is 0 Å². The van der Waals surface area contributed by atoms with Crippen molar-refractivity contribution in [2.75, 3.05) is 26.2 Å². The van der Waals surface area contributed by atoms with E-state index >= 15 is 0 Å². The Morgan fingerprint density at radius 3 is 3.00 bits per heavy atom. The Morgan fingerprint density at radius 1 is 1.17 bits per heavy atom. The maximum Gasteiger partial charge on any atom is 0.270 e. The quantitative estimate of drug-likeness (QED) is 0.866. The zero-order valence-corrected chi connectivity index (χ0v) is 14.2. The summed E-state index contributed by atoms with van der Waals surface area (Å²) in [5, 5.41) is 2.09. The number of piperazine rings is 1. The molecule has 0 N–H and O–H groups in total. The molecule has 4 nitrogen and oxygen atoms in total. The lowest BCUT2D eigenvalue weighted by Gasteiger charge is -2.44. The predicted octanol–water partition coefficient (Wildman–Crippen LogP) is 2.91. The molecule has 0 spiro atoms. The van der Waals surface area contributed by atoms with Crippen LogP contribution in [0.4, 0.5) is 0 Å². The monoisotopic (exact) mass is 329 g/mol. The van der Waals surface area contributed by atoms with Gasteiger partial charge in [-0.15, -0.1) is 11.3 Å². The van der Waals surface area contributed by atoms with Crippen LogP contribution in [0.3, 0.4) is 0 Å². The highest BCUT2D eigenvalue weighted by atomic mass is 32.1. The van der Waals surface area contributed by atoms with E-state index in [0.29, 0.717) is 6.04 Å². The lowest BCUT2D eigenvalue weighted by Crippen LogP contribution is -2.56. The Hall–Kier alpha value is -1.59. The SMILES string of the molecule is O=C(c1cccn1Cc1cccs1)N1CCN2CCCCC2C1. The van der Waals surface area contributed by atoms with Crippen molar-refractivity contribution < 1.29 is 4.79 Å². The van der Waals surface area contributed by atoms with Crippen LogP contribution in [0, 0.1) is 0 Å². The van der Waals surface area contributed by atoms with Crippen LogP contribution in [0.2, 0.25) is 0 Å². The molecular weight excluding hydrogens is 306 g/mol. The number of amides is 1. The molecule has 1 amide bonds. The first-order valence-electron chi connectivity index (χ1n) is 8.52. The highest BCUT2D eigenvalue weighted by Gasteiger charge is 2.32. The molecule has 2 aliphatic rings. The minimum Gasteiger partial charge on any atom is -0.338 e. The fourth-order valence-electron chi connectivity index (χ4n) is 3.82. The normalized spacial score (nSPS) is 22.1. The fraction of sp³-hybridized carbons (Fsp3) is 0.500. The fourth-order valence-corrected chi connectivity index (χ4v) is 4.52. The Morgan fingerprint density at radius 2 is 2.13 bits per heavy atom. The van der Waals surface area contributed by atoms with Crippen molar-refractivity contribution >= 4 is 17.2 Å². The van der Waals surface area contributed by atoms with Crippen molar-refractivity contribution in [3.8, 4) is 0 Å². The molecule has 4 heterocycles. The molecule has 4 rings (SSSR count). The Balaban J connectivity index is 1.48. The van der Waals surface area contributed by atoms with Gasteiger partial charge in [0.05, 0.1) is 6.54 Å². The molecule has 1 atom stereocenters. The summed E-state index contributed by atoms with van der Waals surface area (Å²) in [5.74, 6) is 0.191. The highest BCUT2D eigenvalue weighted by Crippen LogP contribution is 2.22. The molecule has 0 bridgehead atoms. The van der Waals surface area contributed by atoms with E-state index in [2.05, 4.69) is 31.9 Å². The summed E-state index contributed by atoms with van der Waals surface area (Å²) in [6, 6.07) is 8.70. The number of carbonyl (C=O) groups excluding carboxylic acids is 1. The van der Waals surface area contributed by atoms with Crippen LogP contribution >= 0.6 is 11.3 Å². The summed E-state index contributed by atoms with van der Waals surface area (Å²) in [7, 11) is 0. The van der Waals surface area contributed by atoms with Crippen molar-refractivity contribution in [1.82, 2.24) is 14.4 Å². The van der Waals surface area contributed by atoms with Crippen LogP contribution in [0.5, 0.6) is 0 Å². The molecule has 23 heavy (non-hydrogen) atoms. The van der Waals surface area contributed by atoms with Crippen molar-refractivity contribution in [2.24, 2.45) is 0 Å². The van der Waals surface area contributed by atoms with Gasteiger partial charge in [0.25, 0.3) is 5.91 Å². The Kier molecular flexibility index (Phi) is 4.23. The van der Waals surface area contributed by atoms with Crippen molar-refractivity contribution in [3.05, 3.63) is 46.4 Å². The minimum atomic E-state index is 0.191.